The highest BCUT2D eigenvalue weighted by Crippen LogP contribution is 2.70. The molecule has 15 aromatic carbocycles. The fraction of sp³-hybridized carbons (Fsp3) is 0.118. The summed E-state index contributed by atoms with van der Waals surface area (Å²) in [5.74, 6) is -6.91. The number of fused-ring (bicyclic) bond motifs is 8. The van der Waals surface area contributed by atoms with E-state index in [-0.39, 0.29) is 43.8 Å². The molecule has 0 saturated heterocycles. The third-order valence-electron chi connectivity index (χ3n) is 24.0. The standard InChI is InChI=1S/C102H80N8O8P2/c1-61(69-55-27-35-65-31-5-9-39-73(65)69)103-91(111)77-43-13-19-49-83(77)99-107-95(115)79-45-15-17-47-81(79)97(117)109(107)101(119(99)89-59-25-23-53-87(89)93(113)105-63(3)71-57-29-37-67-33-7-11-41-75(67)71)85-51-21-22-52-86(85)102-110-98(118)82-48-18-16-46-80(82)96(116)108(110)100(84-50-20-14-44-78(84)92(112)104-62(2)70-56-28-36-66-32-6-10-40-74(66)70)120(102)90-60-26-24-54-88(90)94(114)106-64(4)72-58-30-38-68-34-8-12-42-76(68)72/h5-64,99-102H,1-4H3,(H,103,111)(H,104,112)(H,105,113)(H,106,114)/t61-,62-,63-,64-,99+,100+,101+,102+,119?,120?/m0/s1. The smallest absolute Gasteiger partial charge is 0.274 e. The van der Waals surface area contributed by atoms with Crippen LogP contribution in [0, 0.1) is 0 Å². The van der Waals surface area contributed by atoms with E-state index in [0.29, 0.717) is 32.9 Å². The number of hydrogen-bond acceptors (Lipinski definition) is 8. The number of nitrogens with zero attached hydrogens (tertiary/aromatic N) is 4. The Labute approximate surface area is 692 Å². The van der Waals surface area contributed by atoms with Crippen LogP contribution in [0.2, 0.25) is 0 Å². The number of benzene rings is 15. The predicted molar refractivity (Wildman–Crippen MR) is 482 cm³/mol. The number of nitrogens with one attached hydrogen (secondary N) is 4. The summed E-state index contributed by atoms with van der Waals surface area (Å²) in [4.78, 5) is 132. The van der Waals surface area contributed by atoms with Gasteiger partial charge in [-0.15, -0.1) is 0 Å². The molecule has 17 aromatic rings. The van der Waals surface area contributed by atoms with E-state index in [9.17, 15) is 0 Å². The van der Waals surface area contributed by atoms with E-state index in [1.165, 1.54) is 18.7 Å². The Morgan fingerprint density at radius 1 is 0.233 bits per heavy atom. The van der Waals surface area contributed by atoms with E-state index in [4.69, 9.17) is 0 Å². The molecular formula is C102H80N8O8P2. The van der Waals surface area contributed by atoms with Crippen molar-refractivity contribution in [1.29, 1.82) is 0 Å². The molecule has 0 saturated carbocycles. The molecular weight excluding hydrogens is 1530 g/mol. The van der Waals surface area contributed by atoms with Crippen molar-refractivity contribution in [3.63, 3.8) is 0 Å². The summed E-state index contributed by atoms with van der Waals surface area (Å²) in [5, 5.41) is 22.6. The minimum atomic E-state index is -2.39. The van der Waals surface area contributed by atoms with Crippen LogP contribution < -0.4 is 54.1 Å². The van der Waals surface area contributed by atoms with E-state index >= 15 is 38.4 Å². The molecule has 10 atom stereocenters. The number of aromatic nitrogens is 4. The van der Waals surface area contributed by atoms with Gasteiger partial charge in [0.1, 0.15) is 23.1 Å². The zero-order valence-electron chi connectivity index (χ0n) is 65.9. The average Bonchev–Trinajstić information content (AvgIpc) is 1.53. The van der Waals surface area contributed by atoms with Gasteiger partial charge < -0.3 is 21.3 Å². The lowest BCUT2D eigenvalue weighted by atomic mass is 9.99. The third-order valence-corrected chi connectivity index (χ3v) is 30.0. The lowest BCUT2D eigenvalue weighted by Gasteiger charge is -2.32. The molecule has 18 heteroatoms. The van der Waals surface area contributed by atoms with Gasteiger partial charge in [0.05, 0.1) is 45.7 Å². The summed E-state index contributed by atoms with van der Waals surface area (Å²) >= 11 is 0. The van der Waals surface area contributed by atoms with Crippen molar-refractivity contribution < 1.29 is 19.2 Å². The van der Waals surface area contributed by atoms with Crippen molar-refractivity contribution in [2.45, 2.75) is 75.0 Å². The fourth-order valence-corrected chi connectivity index (χ4v) is 25.4. The minimum Gasteiger partial charge on any atom is -0.345 e. The number of carbonyl (C=O) groups is 4. The van der Waals surface area contributed by atoms with Gasteiger partial charge in [-0.1, -0.05) is 291 Å². The van der Waals surface area contributed by atoms with Gasteiger partial charge in [-0.3, -0.25) is 38.4 Å². The maximum absolute atomic E-state index is 17.0. The van der Waals surface area contributed by atoms with Crippen molar-refractivity contribution in [3.8, 4) is 0 Å². The van der Waals surface area contributed by atoms with Gasteiger partial charge in [-0.05, 0) is 190 Å². The quantitative estimate of drug-likeness (QED) is 0.0607. The highest BCUT2D eigenvalue weighted by molar-refractivity contribution is 7.67. The third kappa shape index (κ3) is 13.0. The molecule has 0 fully saturated rings. The molecule has 0 spiro atoms. The summed E-state index contributed by atoms with van der Waals surface area (Å²) in [7, 11) is -4.78. The lowest BCUT2D eigenvalue weighted by Crippen LogP contribution is -2.39. The molecule has 19 rings (SSSR count). The predicted octanol–water partition coefficient (Wildman–Crippen LogP) is 19.0. The van der Waals surface area contributed by atoms with Crippen LogP contribution in [0.25, 0.3) is 64.6 Å². The maximum Gasteiger partial charge on any atom is 0.274 e. The van der Waals surface area contributed by atoms with Crippen LogP contribution in [0.15, 0.2) is 359 Å². The van der Waals surface area contributed by atoms with Crippen LogP contribution >= 0.6 is 15.8 Å². The Morgan fingerprint density at radius 2 is 0.433 bits per heavy atom. The van der Waals surface area contributed by atoms with Gasteiger partial charge in [0.15, 0.2) is 0 Å². The van der Waals surface area contributed by atoms with Gasteiger partial charge in [0.25, 0.3) is 45.9 Å². The van der Waals surface area contributed by atoms with Crippen LogP contribution in [0.5, 0.6) is 0 Å². The Kier molecular flexibility index (Phi) is 19.9. The zero-order valence-corrected chi connectivity index (χ0v) is 67.7. The molecule has 0 bridgehead atoms. The molecule has 4 amide bonds. The second kappa shape index (κ2) is 31.4. The fourth-order valence-electron chi connectivity index (χ4n) is 18.4. The van der Waals surface area contributed by atoms with Crippen LogP contribution in [0.1, 0.15) is 161 Å². The molecule has 0 aliphatic carbocycles. The molecule has 2 aliphatic rings. The first-order valence-electron chi connectivity index (χ1n) is 40.3. The number of hydrogen-bond donors (Lipinski definition) is 4. The van der Waals surface area contributed by atoms with E-state index in [1.807, 2.05) is 270 Å². The van der Waals surface area contributed by atoms with Crippen molar-refractivity contribution >= 4 is 115 Å². The van der Waals surface area contributed by atoms with Gasteiger partial charge in [0.2, 0.25) is 0 Å². The van der Waals surface area contributed by atoms with Crippen LogP contribution in [0.4, 0.5) is 0 Å². The zero-order chi connectivity index (χ0) is 82.1. The van der Waals surface area contributed by atoms with Gasteiger partial charge >= 0.3 is 0 Å². The highest BCUT2D eigenvalue weighted by atomic mass is 31.1. The Hall–Kier alpha value is -14.0. The van der Waals surface area contributed by atoms with Crippen molar-refractivity contribution in [3.05, 3.63) is 448 Å². The van der Waals surface area contributed by atoms with Gasteiger partial charge in [-0.25, -0.2) is 18.7 Å². The molecule has 4 heterocycles. The molecule has 0 radical (unpaired) electrons. The second-order valence-electron chi connectivity index (χ2n) is 30.9. The normalized spacial score (nSPS) is 17.1. The summed E-state index contributed by atoms with van der Waals surface area (Å²) in [6.45, 7) is 7.73. The SMILES string of the molecule is C[C@H](NC(=O)c1ccccc1[C@@H]1n2c(=O)c3ccccc3c(=O)n2[C@@H](c2ccccc2[C@@H]2n3c(=O)c4ccccc4c(=O)n3[C@@H](c3ccccc3C(=O)N[C@@H](C)c3cccc4ccccc34)P2c2ccccc2C(=O)N[C@@H](C)c2cccc3ccccc23)P1c1ccccc1C(=O)N[C@@H](C)c1cccc2ccccc12)c1cccc2ccccc12. The summed E-state index contributed by atoms with van der Waals surface area (Å²) in [5.41, 5.74) is 3.71. The largest absolute Gasteiger partial charge is 0.345 e. The monoisotopic (exact) mass is 1610 g/mol. The van der Waals surface area contributed by atoms with Crippen molar-refractivity contribution in [2.24, 2.45) is 0 Å². The number of carbonyl (C=O) groups excluding carboxylic acids is 4. The molecule has 2 aliphatic heterocycles. The first-order chi connectivity index (χ1) is 58.6. The van der Waals surface area contributed by atoms with Crippen LogP contribution in [-0.4, -0.2) is 42.4 Å². The first-order valence-corrected chi connectivity index (χ1v) is 43.3. The van der Waals surface area contributed by atoms with Gasteiger partial charge in [-0.2, -0.15) is 0 Å². The molecule has 586 valence electrons. The first kappa shape index (κ1) is 76.0. The summed E-state index contributed by atoms with van der Waals surface area (Å²) < 4.78 is 6.01. The summed E-state index contributed by atoms with van der Waals surface area (Å²) in [6.07, 6.45) is 0. The minimum absolute atomic E-state index is 0.104. The Bertz CT molecular complexity index is 6890. The van der Waals surface area contributed by atoms with E-state index in [0.717, 1.165) is 65.3 Å². The molecule has 120 heavy (non-hydrogen) atoms. The summed E-state index contributed by atoms with van der Waals surface area (Å²) in [6, 6.07) is 103. The van der Waals surface area contributed by atoms with E-state index < -0.39 is 109 Å². The second-order valence-corrected chi connectivity index (χ2v) is 35.4. The van der Waals surface area contributed by atoms with Crippen molar-refractivity contribution in [1.82, 2.24) is 40.0 Å². The molecule has 2 aromatic heterocycles. The topological polar surface area (TPSA) is 204 Å². The average molecular weight is 1610 g/mol. The lowest BCUT2D eigenvalue weighted by molar-refractivity contribution is 0.0930. The number of rotatable bonds is 18. The Balaban J connectivity index is 0.865. The Morgan fingerprint density at radius 3 is 0.717 bits per heavy atom. The van der Waals surface area contributed by atoms with Crippen molar-refractivity contribution in [2.75, 3.05) is 0 Å². The van der Waals surface area contributed by atoms with E-state index in [2.05, 4.69) is 21.3 Å². The number of amides is 4. The van der Waals surface area contributed by atoms with Gasteiger partial charge in [0, 0.05) is 22.3 Å². The molecule has 16 nitrogen and oxygen atoms in total. The highest BCUT2D eigenvalue weighted by Gasteiger charge is 2.53. The molecule has 2 unspecified atom stereocenters. The van der Waals surface area contributed by atoms with Crippen LogP contribution in [-0.2, 0) is 0 Å². The molecule has 4 N–H and O–H groups in total. The maximum atomic E-state index is 17.0. The van der Waals surface area contributed by atoms with Crippen LogP contribution in [0.3, 0.4) is 0 Å². The van der Waals surface area contributed by atoms with E-state index in [1.54, 1.807) is 97.1 Å².